The van der Waals surface area contributed by atoms with Crippen molar-refractivity contribution in [2.75, 3.05) is 13.2 Å². The lowest BCUT2D eigenvalue weighted by atomic mass is 9.81. The quantitative estimate of drug-likeness (QED) is 0.594. The molecule has 1 fully saturated rings. The van der Waals surface area contributed by atoms with Crippen molar-refractivity contribution in [1.29, 1.82) is 0 Å². The fraction of sp³-hybridized carbons (Fsp3) is 1.00. The summed E-state index contributed by atoms with van der Waals surface area (Å²) in [6, 6.07) is 0.670. The van der Waals surface area contributed by atoms with Crippen LogP contribution >= 0.6 is 0 Å². The molecule has 78 valence electrons. The zero-order valence-electron chi connectivity index (χ0n) is 8.76. The highest BCUT2D eigenvalue weighted by atomic mass is 16.2. The standard InChI is InChI=1S/C11H23NO/c1-10(9-11-5-4-6-11)12-7-2-3-8-13/h10-13H,2-9H2,1H3. The van der Waals surface area contributed by atoms with Crippen molar-refractivity contribution in [2.24, 2.45) is 5.92 Å². The third kappa shape index (κ3) is 4.63. The highest BCUT2D eigenvalue weighted by molar-refractivity contribution is 4.74. The first kappa shape index (κ1) is 11.0. The van der Waals surface area contributed by atoms with Gasteiger partial charge in [-0.15, -0.1) is 0 Å². The second kappa shape index (κ2) is 6.39. The Morgan fingerprint density at radius 1 is 1.38 bits per heavy atom. The number of hydrogen-bond acceptors (Lipinski definition) is 2. The first-order chi connectivity index (χ1) is 6.33. The summed E-state index contributed by atoms with van der Waals surface area (Å²) < 4.78 is 0. The van der Waals surface area contributed by atoms with Crippen molar-refractivity contribution in [2.45, 2.75) is 51.5 Å². The summed E-state index contributed by atoms with van der Waals surface area (Å²) in [5.41, 5.74) is 0. The lowest BCUT2D eigenvalue weighted by Gasteiger charge is -2.28. The molecular weight excluding hydrogens is 162 g/mol. The van der Waals surface area contributed by atoms with Gasteiger partial charge in [0.25, 0.3) is 0 Å². The molecule has 1 aliphatic rings. The van der Waals surface area contributed by atoms with Crippen molar-refractivity contribution in [3.63, 3.8) is 0 Å². The topological polar surface area (TPSA) is 32.3 Å². The summed E-state index contributed by atoms with van der Waals surface area (Å²) in [4.78, 5) is 0. The van der Waals surface area contributed by atoms with Crippen molar-refractivity contribution in [3.8, 4) is 0 Å². The smallest absolute Gasteiger partial charge is 0.0431 e. The predicted octanol–water partition coefficient (Wildman–Crippen LogP) is 1.93. The lowest BCUT2D eigenvalue weighted by Crippen LogP contribution is -2.31. The Balaban J connectivity index is 1.87. The average molecular weight is 185 g/mol. The minimum Gasteiger partial charge on any atom is -0.396 e. The van der Waals surface area contributed by atoms with E-state index in [1.807, 2.05) is 0 Å². The van der Waals surface area contributed by atoms with Gasteiger partial charge in [0.05, 0.1) is 0 Å². The number of hydrogen-bond donors (Lipinski definition) is 2. The fourth-order valence-electron chi connectivity index (χ4n) is 1.90. The molecule has 2 nitrogen and oxygen atoms in total. The van der Waals surface area contributed by atoms with Crippen LogP contribution in [-0.4, -0.2) is 24.3 Å². The SMILES string of the molecule is CC(CC1CCC1)NCCCCO. The Bertz CT molecular complexity index is 123. The molecule has 1 atom stereocenters. The van der Waals surface area contributed by atoms with Gasteiger partial charge in [-0.2, -0.15) is 0 Å². The summed E-state index contributed by atoms with van der Waals surface area (Å²) in [6.07, 6.45) is 7.72. The Morgan fingerprint density at radius 3 is 2.69 bits per heavy atom. The van der Waals surface area contributed by atoms with Crippen LogP contribution in [0.15, 0.2) is 0 Å². The van der Waals surface area contributed by atoms with Gasteiger partial charge in [-0.25, -0.2) is 0 Å². The van der Waals surface area contributed by atoms with E-state index in [0.29, 0.717) is 12.6 Å². The summed E-state index contributed by atoms with van der Waals surface area (Å²) in [5, 5.41) is 12.1. The monoisotopic (exact) mass is 185 g/mol. The maximum atomic E-state index is 8.60. The Morgan fingerprint density at radius 2 is 2.15 bits per heavy atom. The van der Waals surface area contributed by atoms with Crippen LogP contribution in [0.5, 0.6) is 0 Å². The Hall–Kier alpha value is -0.0800. The van der Waals surface area contributed by atoms with E-state index in [9.17, 15) is 0 Å². The first-order valence-electron chi connectivity index (χ1n) is 5.67. The molecule has 0 spiro atoms. The zero-order chi connectivity index (χ0) is 9.52. The highest BCUT2D eigenvalue weighted by Crippen LogP contribution is 2.30. The molecule has 0 aliphatic heterocycles. The first-order valence-corrected chi connectivity index (χ1v) is 5.67. The van der Waals surface area contributed by atoms with Crippen molar-refractivity contribution in [3.05, 3.63) is 0 Å². The van der Waals surface area contributed by atoms with E-state index in [2.05, 4.69) is 12.2 Å². The van der Waals surface area contributed by atoms with Crippen LogP contribution in [0, 0.1) is 5.92 Å². The van der Waals surface area contributed by atoms with Gasteiger partial charge in [0.1, 0.15) is 0 Å². The van der Waals surface area contributed by atoms with Crippen LogP contribution < -0.4 is 5.32 Å². The summed E-state index contributed by atoms with van der Waals surface area (Å²) >= 11 is 0. The molecule has 1 unspecified atom stereocenters. The second-order valence-corrected chi connectivity index (χ2v) is 4.32. The zero-order valence-corrected chi connectivity index (χ0v) is 8.76. The van der Waals surface area contributed by atoms with Gasteiger partial charge >= 0.3 is 0 Å². The predicted molar refractivity (Wildman–Crippen MR) is 55.7 cm³/mol. The van der Waals surface area contributed by atoms with Crippen LogP contribution in [0.25, 0.3) is 0 Å². The van der Waals surface area contributed by atoms with Crippen LogP contribution in [0.2, 0.25) is 0 Å². The summed E-state index contributed by atoms with van der Waals surface area (Å²) in [7, 11) is 0. The molecule has 0 aromatic carbocycles. The lowest BCUT2D eigenvalue weighted by molar-refractivity contribution is 0.260. The third-order valence-electron chi connectivity index (χ3n) is 2.99. The number of rotatable bonds is 7. The minimum absolute atomic E-state index is 0.332. The molecule has 2 N–H and O–H groups in total. The van der Waals surface area contributed by atoms with E-state index in [0.717, 1.165) is 25.3 Å². The number of unbranched alkanes of at least 4 members (excludes halogenated alkanes) is 1. The molecule has 0 amide bonds. The molecule has 1 rings (SSSR count). The molecule has 0 radical (unpaired) electrons. The van der Waals surface area contributed by atoms with Gasteiger partial charge in [-0.3, -0.25) is 0 Å². The maximum absolute atomic E-state index is 8.60. The van der Waals surface area contributed by atoms with E-state index < -0.39 is 0 Å². The van der Waals surface area contributed by atoms with Gasteiger partial charge in [0, 0.05) is 12.6 Å². The number of aliphatic hydroxyl groups is 1. The molecule has 1 saturated carbocycles. The minimum atomic E-state index is 0.332. The number of aliphatic hydroxyl groups excluding tert-OH is 1. The molecule has 0 heterocycles. The van der Waals surface area contributed by atoms with E-state index in [1.54, 1.807) is 0 Å². The van der Waals surface area contributed by atoms with E-state index in [-0.39, 0.29) is 0 Å². The van der Waals surface area contributed by atoms with E-state index in [1.165, 1.54) is 25.7 Å². The fourth-order valence-corrected chi connectivity index (χ4v) is 1.90. The molecule has 2 heteroatoms. The molecule has 0 bridgehead atoms. The second-order valence-electron chi connectivity index (χ2n) is 4.32. The van der Waals surface area contributed by atoms with Gasteiger partial charge in [0.2, 0.25) is 0 Å². The normalized spacial score (nSPS) is 19.8. The maximum Gasteiger partial charge on any atom is 0.0431 e. The highest BCUT2D eigenvalue weighted by Gasteiger charge is 2.19. The van der Waals surface area contributed by atoms with Crippen LogP contribution in [0.1, 0.15) is 45.4 Å². The molecule has 1 aliphatic carbocycles. The average Bonchev–Trinajstić information content (AvgIpc) is 2.06. The summed E-state index contributed by atoms with van der Waals surface area (Å²) in [6.45, 7) is 3.67. The van der Waals surface area contributed by atoms with E-state index in [4.69, 9.17) is 5.11 Å². The van der Waals surface area contributed by atoms with Gasteiger partial charge in [-0.05, 0) is 38.6 Å². The van der Waals surface area contributed by atoms with Crippen molar-refractivity contribution in [1.82, 2.24) is 5.32 Å². The molecule has 13 heavy (non-hydrogen) atoms. The van der Waals surface area contributed by atoms with Gasteiger partial charge in [0.15, 0.2) is 0 Å². The Kier molecular flexibility index (Phi) is 5.40. The third-order valence-corrected chi connectivity index (χ3v) is 2.99. The summed E-state index contributed by atoms with van der Waals surface area (Å²) in [5.74, 6) is 1.00. The molecular formula is C11H23NO. The van der Waals surface area contributed by atoms with E-state index >= 15 is 0 Å². The van der Waals surface area contributed by atoms with Crippen LogP contribution in [0.4, 0.5) is 0 Å². The van der Waals surface area contributed by atoms with Gasteiger partial charge < -0.3 is 10.4 Å². The van der Waals surface area contributed by atoms with Crippen molar-refractivity contribution < 1.29 is 5.11 Å². The van der Waals surface area contributed by atoms with Crippen LogP contribution in [-0.2, 0) is 0 Å². The van der Waals surface area contributed by atoms with Crippen LogP contribution in [0.3, 0.4) is 0 Å². The molecule has 0 saturated heterocycles. The Labute approximate surface area is 81.7 Å². The number of nitrogens with one attached hydrogen (secondary N) is 1. The van der Waals surface area contributed by atoms with Crippen molar-refractivity contribution >= 4 is 0 Å². The largest absolute Gasteiger partial charge is 0.396 e. The van der Waals surface area contributed by atoms with Gasteiger partial charge in [-0.1, -0.05) is 19.3 Å². The molecule has 0 aromatic rings. The molecule has 0 aromatic heterocycles.